The molecule has 4 heteroatoms. The maximum Gasteiger partial charge on any atom is 0.233 e. The van der Waals surface area contributed by atoms with E-state index in [4.69, 9.17) is 11.6 Å². The summed E-state index contributed by atoms with van der Waals surface area (Å²) in [6.45, 7) is 4.20. The summed E-state index contributed by atoms with van der Waals surface area (Å²) < 4.78 is 0. The quantitative estimate of drug-likeness (QED) is 0.829. The van der Waals surface area contributed by atoms with Crippen molar-refractivity contribution in [3.05, 3.63) is 29.3 Å². The van der Waals surface area contributed by atoms with Crippen molar-refractivity contribution < 1.29 is 4.79 Å². The zero-order valence-electron chi connectivity index (χ0n) is 12.1. The summed E-state index contributed by atoms with van der Waals surface area (Å²) in [5, 5.41) is 3.86. The number of nitrogens with one attached hydrogen (secondary N) is 1. The molecule has 1 aliphatic rings. The number of carbonyl (C=O) groups is 1. The molecule has 2 rings (SSSR count). The first-order valence-corrected chi connectivity index (χ1v) is 8.54. The highest BCUT2D eigenvalue weighted by Crippen LogP contribution is 2.27. The monoisotopic (exact) mass is 311 g/mol. The Labute approximate surface area is 130 Å². The summed E-state index contributed by atoms with van der Waals surface area (Å²) in [6, 6.07) is 7.99. The second kappa shape index (κ2) is 7.37. The van der Waals surface area contributed by atoms with Crippen LogP contribution in [0.25, 0.3) is 0 Å². The van der Waals surface area contributed by atoms with E-state index in [2.05, 4.69) is 12.2 Å². The molecule has 110 valence electrons. The molecule has 0 heterocycles. The van der Waals surface area contributed by atoms with E-state index in [1.807, 2.05) is 31.2 Å². The Morgan fingerprint density at radius 2 is 1.95 bits per heavy atom. The van der Waals surface area contributed by atoms with Gasteiger partial charge in [-0.25, -0.2) is 0 Å². The summed E-state index contributed by atoms with van der Waals surface area (Å²) in [4.78, 5) is 13.3. The number of thioether (sulfide) groups is 1. The van der Waals surface area contributed by atoms with Crippen molar-refractivity contribution in [2.75, 3.05) is 0 Å². The largest absolute Gasteiger partial charge is 0.352 e. The minimum absolute atomic E-state index is 0.0784. The summed E-state index contributed by atoms with van der Waals surface area (Å²) in [5.41, 5.74) is 0. The van der Waals surface area contributed by atoms with Gasteiger partial charge in [-0.1, -0.05) is 31.4 Å². The Balaban J connectivity index is 1.86. The SMILES string of the molecule is C[C@@H]1CCCC[C@@H]1NC(=O)[C@@H](C)Sc1ccc(Cl)cc1. The minimum atomic E-state index is -0.0784. The van der Waals surface area contributed by atoms with E-state index in [0.29, 0.717) is 12.0 Å². The third-order valence-corrected chi connectivity index (χ3v) is 5.30. The average molecular weight is 312 g/mol. The van der Waals surface area contributed by atoms with Gasteiger partial charge in [-0.3, -0.25) is 4.79 Å². The molecule has 0 aliphatic heterocycles. The molecule has 0 saturated heterocycles. The Morgan fingerprint density at radius 1 is 1.30 bits per heavy atom. The van der Waals surface area contributed by atoms with Crippen LogP contribution in [0.3, 0.4) is 0 Å². The molecule has 1 aromatic rings. The Hall–Kier alpha value is -0.670. The van der Waals surface area contributed by atoms with Crippen LogP contribution in [-0.2, 0) is 4.79 Å². The fraction of sp³-hybridized carbons (Fsp3) is 0.562. The van der Waals surface area contributed by atoms with Gasteiger partial charge in [0, 0.05) is 16.0 Å². The van der Waals surface area contributed by atoms with Crippen LogP contribution in [-0.4, -0.2) is 17.2 Å². The molecule has 1 aromatic carbocycles. The predicted molar refractivity (Wildman–Crippen MR) is 86.3 cm³/mol. The van der Waals surface area contributed by atoms with Gasteiger partial charge in [0.15, 0.2) is 0 Å². The summed E-state index contributed by atoms with van der Waals surface area (Å²) in [7, 11) is 0. The predicted octanol–water partition coefficient (Wildman–Crippen LogP) is 4.52. The van der Waals surface area contributed by atoms with Gasteiger partial charge in [-0.2, -0.15) is 0 Å². The first-order chi connectivity index (χ1) is 9.56. The molecule has 0 bridgehead atoms. The molecular weight excluding hydrogens is 290 g/mol. The fourth-order valence-corrected chi connectivity index (χ4v) is 3.60. The van der Waals surface area contributed by atoms with E-state index >= 15 is 0 Å². The Kier molecular flexibility index (Phi) is 5.79. The van der Waals surface area contributed by atoms with Crippen LogP contribution in [0.2, 0.25) is 5.02 Å². The summed E-state index contributed by atoms with van der Waals surface area (Å²) in [6.07, 6.45) is 4.87. The van der Waals surface area contributed by atoms with Crippen molar-refractivity contribution in [3.8, 4) is 0 Å². The smallest absolute Gasteiger partial charge is 0.233 e. The number of hydrogen-bond donors (Lipinski definition) is 1. The molecule has 1 aliphatic carbocycles. The first kappa shape index (κ1) is 15.7. The van der Waals surface area contributed by atoms with Gasteiger partial charge >= 0.3 is 0 Å². The molecule has 20 heavy (non-hydrogen) atoms. The highest BCUT2D eigenvalue weighted by molar-refractivity contribution is 8.00. The molecular formula is C16H22ClNOS. The highest BCUT2D eigenvalue weighted by atomic mass is 35.5. The second-order valence-electron chi connectivity index (χ2n) is 5.59. The van der Waals surface area contributed by atoms with Crippen molar-refractivity contribution in [2.24, 2.45) is 5.92 Å². The van der Waals surface area contributed by atoms with E-state index < -0.39 is 0 Å². The van der Waals surface area contributed by atoms with Crippen molar-refractivity contribution in [3.63, 3.8) is 0 Å². The molecule has 0 radical (unpaired) electrons. The topological polar surface area (TPSA) is 29.1 Å². The van der Waals surface area contributed by atoms with E-state index in [9.17, 15) is 4.79 Å². The van der Waals surface area contributed by atoms with Gasteiger partial charge < -0.3 is 5.32 Å². The van der Waals surface area contributed by atoms with Crippen molar-refractivity contribution in [1.29, 1.82) is 0 Å². The molecule has 3 atom stereocenters. The van der Waals surface area contributed by atoms with Crippen molar-refractivity contribution in [1.82, 2.24) is 5.32 Å². The lowest BCUT2D eigenvalue weighted by Gasteiger charge is -2.30. The van der Waals surface area contributed by atoms with Gasteiger partial charge in [-0.15, -0.1) is 11.8 Å². The average Bonchev–Trinajstić information content (AvgIpc) is 2.44. The summed E-state index contributed by atoms with van der Waals surface area (Å²) in [5.74, 6) is 0.740. The molecule has 0 unspecified atom stereocenters. The maximum atomic E-state index is 12.3. The van der Waals surface area contributed by atoms with Gasteiger partial charge in [0.2, 0.25) is 5.91 Å². The van der Waals surface area contributed by atoms with Crippen LogP contribution in [0.4, 0.5) is 0 Å². The van der Waals surface area contributed by atoms with Crippen LogP contribution in [0.1, 0.15) is 39.5 Å². The fourth-order valence-electron chi connectivity index (χ4n) is 2.60. The lowest BCUT2D eigenvalue weighted by atomic mass is 9.86. The van der Waals surface area contributed by atoms with Gasteiger partial charge in [0.25, 0.3) is 0 Å². The van der Waals surface area contributed by atoms with Gasteiger partial charge in [-0.05, 0) is 49.9 Å². The normalized spacial score (nSPS) is 24.1. The number of rotatable bonds is 4. The number of amides is 1. The number of carbonyl (C=O) groups excluding carboxylic acids is 1. The molecule has 1 saturated carbocycles. The van der Waals surface area contributed by atoms with E-state index in [1.54, 1.807) is 11.8 Å². The Morgan fingerprint density at radius 3 is 2.60 bits per heavy atom. The molecule has 0 aromatic heterocycles. The van der Waals surface area contributed by atoms with Crippen LogP contribution in [0, 0.1) is 5.92 Å². The molecule has 2 nitrogen and oxygen atoms in total. The van der Waals surface area contributed by atoms with Gasteiger partial charge in [0.1, 0.15) is 0 Å². The summed E-state index contributed by atoms with van der Waals surface area (Å²) >= 11 is 7.45. The lowest BCUT2D eigenvalue weighted by Crippen LogP contribution is -2.44. The lowest BCUT2D eigenvalue weighted by molar-refractivity contribution is -0.121. The third-order valence-electron chi connectivity index (χ3n) is 3.93. The van der Waals surface area contributed by atoms with E-state index in [-0.39, 0.29) is 11.2 Å². The number of hydrogen-bond acceptors (Lipinski definition) is 2. The molecule has 1 amide bonds. The van der Waals surface area contributed by atoms with Crippen molar-refractivity contribution >= 4 is 29.3 Å². The van der Waals surface area contributed by atoms with E-state index in [1.165, 1.54) is 19.3 Å². The van der Waals surface area contributed by atoms with E-state index in [0.717, 1.165) is 16.3 Å². The highest BCUT2D eigenvalue weighted by Gasteiger charge is 2.25. The van der Waals surface area contributed by atoms with Crippen LogP contribution < -0.4 is 5.32 Å². The Bertz CT molecular complexity index is 448. The van der Waals surface area contributed by atoms with Gasteiger partial charge in [0.05, 0.1) is 5.25 Å². The van der Waals surface area contributed by atoms with Crippen LogP contribution in [0.5, 0.6) is 0 Å². The van der Waals surface area contributed by atoms with Crippen LogP contribution in [0.15, 0.2) is 29.2 Å². The molecule has 0 spiro atoms. The third kappa shape index (κ3) is 4.42. The first-order valence-electron chi connectivity index (χ1n) is 7.29. The number of halogens is 1. The second-order valence-corrected chi connectivity index (χ2v) is 7.44. The zero-order valence-corrected chi connectivity index (χ0v) is 13.6. The van der Waals surface area contributed by atoms with Crippen LogP contribution >= 0.6 is 23.4 Å². The maximum absolute atomic E-state index is 12.3. The zero-order chi connectivity index (χ0) is 14.5. The molecule has 1 N–H and O–H groups in total. The standard InChI is InChI=1S/C16H22ClNOS/c1-11-5-3-4-6-15(11)18-16(19)12(2)20-14-9-7-13(17)8-10-14/h7-12,15H,3-6H2,1-2H3,(H,18,19)/t11-,12-,15+/m1/s1. The number of benzene rings is 1. The minimum Gasteiger partial charge on any atom is -0.352 e. The molecule has 1 fully saturated rings. The van der Waals surface area contributed by atoms with Crippen molar-refractivity contribution in [2.45, 2.75) is 55.7 Å².